The number of likely N-dealkylation sites (tertiary alicyclic amines) is 1. The highest BCUT2D eigenvalue weighted by atomic mass is 16.5. The Labute approximate surface area is 281 Å². The van der Waals surface area contributed by atoms with Crippen LogP contribution in [0.15, 0.2) is 0 Å². The second-order valence-electron chi connectivity index (χ2n) is 14.5. The van der Waals surface area contributed by atoms with Crippen molar-refractivity contribution in [3.05, 3.63) is 0 Å². The summed E-state index contributed by atoms with van der Waals surface area (Å²) < 4.78 is 11.5. The molecule has 0 aromatic heterocycles. The highest BCUT2D eigenvalue weighted by Gasteiger charge is 2.35. The zero-order chi connectivity index (χ0) is 33.1. The summed E-state index contributed by atoms with van der Waals surface area (Å²) in [5.41, 5.74) is -0.255. The number of hydrogen-bond donors (Lipinski definition) is 2. The van der Waals surface area contributed by atoms with Crippen LogP contribution in [0.25, 0.3) is 0 Å². The average Bonchev–Trinajstić information content (AvgIpc) is 3.52. The topological polar surface area (TPSA) is 105 Å². The van der Waals surface area contributed by atoms with E-state index in [0.717, 1.165) is 70.6 Å². The summed E-state index contributed by atoms with van der Waals surface area (Å²) >= 11 is 0. The van der Waals surface area contributed by atoms with Crippen LogP contribution in [-0.2, 0) is 23.9 Å². The lowest BCUT2D eigenvalue weighted by Gasteiger charge is -2.36. The number of carboxylic acid groups (broad SMARTS) is 1. The molecule has 0 amide bonds. The van der Waals surface area contributed by atoms with Gasteiger partial charge in [0.05, 0.1) is 6.42 Å². The first kappa shape index (κ1) is 40.5. The fourth-order valence-electron chi connectivity index (χ4n) is 7.02. The smallest absolute Gasteiger partial charge is 0.305 e. The zero-order valence-electron chi connectivity index (χ0n) is 29.6. The van der Waals surface area contributed by atoms with Crippen molar-refractivity contribution in [3.63, 3.8) is 0 Å². The molecule has 1 atom stereocenters. The number of piperidine rings is 1. The van der Waals surface area contributed by atoms with Gasteiger partial charge in [0.25, 0.3) is 0 Å². The lowest BCUT2D eigenvalue weighted by Crippen LogP contribution is -2.43. The van der Waals surface area contributed by atoms with Gasteiger partial charge in [0.1, 0.15) is 13.2 Å². The molecular weight excluding hydrogens is 580 g/mol. The largest absolute Gasteiger partial charge is 0.481 e. The summed E-state index contributed by atoms with van der Waals surface area (Å²) in [6.07, 6.45) is 27.3. The van der Waals surface area contributed by atoms with E-state index >= 15 is 0 Å². The molecule has 0 bridgehead atoms. The number of nitrogens with zero attached hydrogens (tertiary/aromatic N) is 1. The minimum absolute atomic E-state index is 0.112. The van der Waals surface area contributed by atoms with Gasteiger partial charge in [-0.3, -0.25) is 14.4 Å². The number of unbranched alkanes of at least 4 members (excludes halogenated alkanes) is 16. The van der Waals surface area contributed by atoms with Crippen molar-refractivity contribution < 1.29 is 29.0 Å². The fourth-order valence-corrected chi connectivity index (χ4v) is 7.02. The molecule has 0 aromatic carbocycles. The quantitative estimate of drug-likeness (QED) is 0.0614. The molecule has 0 saturated carbocycles. The Morgan fingerprint density at radius 2 is 1.17 bits per heavy atom. The monoisotopic (exact) mass is 651 g/mol. The molecule has 0 aliphatic carbocycles. The van der Waals surface area contributed by atoms with Gasteiger partial charge in [-0.1, -0.05) is 110 Å². The summed E-state index contributed by atoms with van der Waals surface area (Å²) in [6, 6.07) is 0. The summed E-state index contributed by atoms with van der Waals surface area (Å²) in [5, 5.41) is 12.2. The van der Waals surface area contributed by atoms with E-state index in [1.54, 1.807) is 0 Å². The average molecular weight is 651 g/mol. The number of aliphatic carboxylic acids is 1. The highest BCUT2D eigenvalue weighted by Crippen LogP contribution is 2.30. The van der Waals surface area contributed by atoms with Gasteiger partial charge in [-0.15, -0.1) is 0 Å². The lowest BCUT2D eigenvalue weighted by molar-refractivity contribution is -0.155. The van der Waals surface area contributed by atoms with Crippen LogP contribution in [-0.4, -0.2) is 73.9 Å². The summed E-state index contributed by atoms with van der Waals surface area (Å²) in [4.78, 5) is 38.0. The van der Waals surface area contributed by atoms with Gasteiger partial charge in [-0.2, -0.15) is 0 Å². The van der Waals surface area contributed by atoms with Crippen molar-refractivity contribution in [2.45, 2.75) is 167 Å². The van der Waals surface area contributed by atoms with Crippen LogP contribution in [0.1, 0.15) is 167 Å². The summed E-state index contributed by atoms with van der Waals surface area (Å²) in [7, 11) is 0. The molecular formula is C38H70N2O6. The Morgan fingerprint density at radius 1 is 0.696 bits per heavy atom. The van der Waals surface area contributed by atoms with Crippen LogP contribution < -0.4 is 5.32 Å². The minimum atomic E-state index is -0.696. The molecule has 0 radical (unpaired) electrons. The molecule has 8 nitrogen and oxygen atoms in total. The van der Waals surface area contributed by atoms with Gasteiger partial charge in [-0.25, -0.2) is 0 Å². The number of hydrogen-bond acceptors (Lipinski definition) is 7. The van der Waals surface area contributed by atoms with Crippen LogP contribution in [0.2, 0.25) is 0 Å². The third-order valence-electron chi connectivity index (χ3n) is 10.2. The third-order valence-corrected chi connectivity index (χ3v) is 10.2. The van der Waals surface area contributed by atoms with Crippen LogP contribution in [0.4, 0.5) is 0 Å². The molecule has 268 valence electrons. The zero-order valence-corrected chi connectivity index (χ0v) is 29.6. The SMILES string of the molecule is CCCCCCCCCCCC(=O)OCC1(COC(=O)CCCCCCCCCCCC2CCN(CCC(=O)O)C2)CCNCC1. The van der Waals surface area contributed by atoms with E-state index in [9.17, 15) is 14.4 Å². The molecule has 2 rings (SSSR count). The van der Waals surface area contributed by atoms with Crippen LogP contribution in [0, 0.1) is 11.3 Å². The Bertz CT molecular complexity index is 800. The van der Waals surface area contributed by atoms with Crippen molar-refractivity contribution in [2.24, 2.45) is 11.3 Å². The second kappa shape index (κ2) is 26.3. The van der Waals surface area contributed by atoms with Gasteiger partial charge in [0.2, 0.25) is 0 Å². The lowest BCUT2D eigenvalue weighted by atomic mass is 9.80. The Kier molecular flexibility index (Phi) is 23.2. The Balaban J connectivity index is 1.43. The predicted molar refractivity (Wildman–Crippen MR) is 186 cm³/mol. The molecule has 8 heteroatoms. The highest BCUT2D eigenvalue weighted by molar-refractivity contribution is 5.70. The van der Waals surface area contributed by atoms with Gasteiger partial charge in [-0.05, 0) is 64.1 Å². The maximum Gasteiger partial charge on any atom is 0.305 e. The minimum Gasteiger partial charge on any atom is -0.481 e. The van der Waals surface area contributed by atoms with E-state index in [4.69, 9.17) is 14.6 Å². The molecule has 0 spiro atoms. The van der Waals surface area contributed by atoms with Gasteiger partial charge >= 0.3 is 17.9 Å². The van der Waals surface area contributed by atoms with E-state index in [1.807, 2.05) is 0 Å². The molecule has 2 saturated heterocycles. The number of carbonyl (C=O) groups excluding carboxylic acids is 2. The first-order chi connectivity index (χ1) is 22.4. The van der Waals surface area contributed by atoms with Crippen molar-refractivity contribution in [2.75, 3.05) is 45.9 Å². The van der Waals surface area contributed by atoms with Crippen molar-refractivity contribution in [3.8, 4) is 0 Å². The van der Waals surface area contributed by atoms with Crippen molar-refractivity contribution >= 4 is 17.9 Å². The molecule has 2 aliphatic heterocycles. The van der Waals surface area contributed by atoms with Crippen LogP contribution >= 0.6 is 0 Å². The molecule has 2 heterocycles. The number of ether oxygens (including phenoxy) is 2. The second-order valence-corrected chi connectivity index (χ2v) is 14.5. The van der Waals surface area contributed by atoms with E-state index < -0.39 is 5.97 Å². The molecule has 2 fully saturated rings. The van der Waals surface area contributed by atoms with Gasteiger partial charge in [0, 0.05) is 31.3 Å². The van der Waals surface area contributed by atoms with Crippen molar-refractivity contribution in [1.29, 1.82) is 0 Å². The predicted octanol–water partition coefficient (Wildman–Crippen LogP) is 8.45. The van der Waals surface area contributed by atoms with E-state index in [0.29, 0.717) is 32.6 Å². The Morgan fingerprint density at radius 3 is 1.67 bits per heavy atom. The molecule has 2 N–H and O–H groups in total. The molecule has 0 aromatic rings. The van der Waals surface area contributed by atoms with Crippen LogP contribution in [0.3, 0.4) is 0 Å². The van der Waals surface area contributed by atoms with Crippen LogP contribution in [0.5, 0.6) is 0 Å². The number of esters is 2. The van der Waals surface area contributed by atoms with E-state index in [1.165, 1.54) is 103 Å². The standard InChI is InChI=1S/C38H70N2O6/c1-2-3-4-5-6-8-12-15-18-21-36(43)45-32-38(25-27-39-28-26-38)33-46-37(44)22-19-16-13-10-7-9-11-14-17-20-34-23-29-40(31-34)30-24-35(41)42/h34,39H,2-33H2,1H3,(H,41,42). The maximum atomic E-state index is 12.5. The molecule has 46 heavy (non-hydrogen) atoms. The number of carbonyl (C=O) groups is 3. The number of carboxylic acids is 1. The molecule has 2 aliphatic rings. The van der Waals surface area contributed by atoms with Gasteiger partial charge in [0.15, 0.2) is 0 Å². The summed E-state index contributed by atoms with van der Waals surface area (Å²) in [6.45, 7) is 7.51. The fraction of sp³-hybridized carbons (Fsp3) is 0.921. The number of nitrogens with one attached hydrogen (secondary N) is 1. The van der Waals surface area contributed by atoms with Gasteiger partial charge < -0.3 is 24.8 Å². The van der Waals surface area contributed by atoms with E-state index in [2.05, 4.69) is 17.1 Å². The van der Waals surface area contributed by atoms with E-state index in [-0.39, 0.29) is 23.8 Å². The number of rotatable bonds is 29. The van der Waals surface area contributed by atoms with Crippen molar-refractivity contribution in [1.82, 2.24) is 10.2 Å². The first-order valence-corrected chi connectivity index (χ1v) is 19.4. The Hall–Kier alpha value is -1.67. The summed E-state index contributed by atoms with van der Waals surface area (Å²) in [5.74, 6) is -0.175. The third kappa shape index (κ3) is 20.5. The first-order valence-electron chi connectivity index (χ1n) is 19.4. The maximum absolute atomic E-state index is 12.5. The molecule has 1 unspecified atom stereocenters. The normalized spacial score (nSPS) is 18.1.